The number of hydrogen-bond acceptors (Lipinski definition) is 3. The SMILES string of the molecule is O=C(O)C1C(=O)CC(c2ccccc2)NC1=O. The maximum Gasteiger partial charge on any atom is 0.323 e. The molecule has 2 N–H and O–H groups in total. The molecular formula is C12H11NO4. The number of piperidine rings is 1. The Morgan fingerprint density at radius 3 is 2.41 bits per heavy atom. The highest BCUT2D eigenvalue weighted by molar-refractivity contribution is 6.17. The molecule has 1 aromatic carbocycles. The smallest absolute Gasteiger partial charge is 0.323 e. The monoisotopic (exact) mass is 233 g/mol. The Balaban J connectivity index is 2.20. The van der Waals surface area contributed by atoms with E-state index in [2.05, 4.69) is 5.32 Å². The molecule has 0 saturated carbocycles. The van der Waals surface area contributed by atoms with Crippen molar-refractivity contribution in [1.82, 2.24) is 5.32 Å². The van der Waals surface area contributed by atoms with Crippen LogP contribution in [0.4, 0.5) is 0 Å². The molecule has 0 aromatic heterocycles. The Hall–Kier alpha value is -2.17. The molecule has 17 heavy (non-hydrogen) atoms. The van der Waals surface area contributed by atoms with Crippen LogP contribution < -0.4 is 5.32 Å². The van der Waals surface area contributed by atoms with Gasteiger partial charge in [-0.3, -0.25) is 14.4 Å². The van der Waals surface area contributed by atoms with E-state index in [-0.39, 0.29) is 6.42 Å². The van der Waals surface area contributed by atoms with Crippen molar-refractivity contribution in [3.8, 4) is 0 Å². The lowest BCUT2D eigenvalue weighted by atomic mass is 9.89. The minimum atomic E-state index is -1.56. The molecule has 1 aliphatic heterocycles. The van der Waals surface area contributed by atoms with Crippen molar-refractivity contribution in [1.29, 1.82) is 0 Å². The van der Waals surface area contributed by atoms with E-state index < -0.39 is 29.6 Å². The number of amides is 1. The van der Waals surface area contributed by atoms with E-state index in [0.717, 1.165) is 5.56 Å². The van der Waals surface area contributed by atoms with E-state index in [0.29, 0.717) is 0 Å². The summed E-state index contributed by atoms with van der Waals surface area (Å²) in [6.07, 6.45) is 0.0206. The van der Waals surface area contributed by atoms with Crippen molar-refractivity contribution < 1.29 is 19.5 Å². The molecule has 1 heterocycles. The van der Waals surface area contributed by atoms with Gasteiger partial charge in [0.25, 0.3) is 0 Å². The van der Waals surface area contributed by atoms with Gasteiger partial charge < -0.3 is 10.4 Å². The third kappa shape index (κ3) is 2.18. The maximum absolute atomic E-state index is 11.6. The maximum atomic E-state index is 11.6. The summed E-state index contributed by atoms with van der Waals surface area (Å²) in [4.78, 5) is 33.8. The van der Waals surface area contributed by atoms with Crippen molar-refractivity contribution in [3.05, 3.63) is 35.9 Å². The zero-order valence-electron chi connectivity index (χ0n) is 8.92. The molecule has 1 fully saturated rings. The first kappa shape index (κ1) is 11.3. The van der Waals surface area contributed by atoms with Crippen LogP contribution in [-0.4, -0.2) is 22.8 Å². The summed E-state index contributed by atoms with van der Waals surface area (Å²) in [6, 6.07) is 8.59. The van der Waals surface area contributed by atoms with Crippen molar-refractivity contribution in [3.63, 3.8) is 0 Å². The molecule has 0 aliphatic carbocycles. The highest BCUT2D eigenvalue weighted by Crippen LogP contribution is 2.24. The second kappa shape index (κ2) is 4.37. The van der Waals surface area contributed by atoms with Crippen LogP contribution in [0.3, 0.4) is 0 Å². The third-order valence-corrected chi connectivity index (χ3v) is 2.75. The molecule has 1 aromatic rings. The van der Waals surface area contributed by atoms with Gasteiger partial charge in [0, 0.05) is 6.42 Å². The van der Waals surface area contributed by atoms with E-state index in [4.69, 9.17) is 5.11 Å². The number of hydrogen-bond donors (Lipinski definition) is 2. The summed E-state index contributed by atoms with van der Waals surface area (Å²) < 4.78 is 0. The van der Waals surface area contributed by atoms with Gasteiger partial charge in [-0.05, 0) is 5.56 Å². The summed E-state index contributed by atoms with van der Waals surface area (Å²) in [7, 11) is 0. The van der Waals surface area contributed by atoms with Crippen LogP contribution in [0.2, 0.25) is 0 Å². The van der Waals surface area contributed by atoms with Gasteiger partial charge in [0.2, 0.25) is 5.91 Å². The quantitative estimate of drug-likeness (QED) is 0.729. The Morgan fingerprint density at radius 1 is 1.24 bits per heavy atom. The number of carbonyl (C=O) groups is 3. The molecule has 5 nitrogen and oxygen atoms in total. The lowest BCUT2D eigenvalue weighted by Crippen LogP contribution is -2.47. The fourth-order valence-electron chi connectivity index (χ4n) is 1.91. The van der Waals surface area contributed by atoms with Crippen molar-refractivity contribution in [2.45, 2.75) is 12.5 Å². The molecule has 2 unspecified atom stereocenters. The van der Waals surface area contributed by atoms with Gasteiger partial charge in [0.15, 0.2) is 11.7 Å². The van der Waals surface area contributed by atoms with Gasteiger partial charge in [0.1, 0.15) is 0 Å². The third-order valence-electron chi connectivity index (χ3n) is 2.75. The summed E-state index contributed by atoms with van der Waals surface area (Å²) >= 11 is 0. The van der Waals surface area contributed by atoms with E-state index in [1.54, 1.807) is 24.3 Å². The molecule has 1 aliphatic rings. The largest absolute Gasteiger partial charge is 0.480 e. The number of carboxylic acid groups (broad SMARTS) is 1. The lowest BCUT2D eigenvalue weighted by molar-refractivity contribution is -0.153. The summed E-state index contributed by atoms with van der Waals surface area (Å²) in [6.45, 7) is 0. The number of carboxylic acids is 1. The molecule has 2 atom stereocenters. The molecule has 0 radical (unpaired) electrons. The fraction of sp³-hybridized carbons (Fsp3) is 0.250. The zero-order valence-corrected chi connectivity index (χ0v) is 8.92. The summed E-state index contributed by atoms with van der Waals surface area (Å²) in [5, 5.41) is 11.3. The molecule has 1 saturated heterocycles. The lowest BCUT2D eigenvalue weighted by Gasteiger charge is -2.26. The van der Waals surface area contributed by atoms with Gasteiger partial charge in [-0.15, -0.1) is 0 Å². The second-order valence-corrected chi connectivity index (χ2v) is 3.91. The van der Waals surface area contributed by atoms with E-state index in [1.807, 2.05) is 6.07 Å². The first-order chi connectivity index (χ1) is 8.09. The number of ketones is 1. The first-order valence-corrected chi connectivity index (χ1v) is 5.20. The van der Waals surface area contributed by atoms with Gasteiger partial charge in [0.05, 0.1) is 6.04 Å². The molecule has 2 rings (SSSR count). The molecule has 0 spiro atoms. The van der Waals surface area contributed by atoms with Crippen molar-refractivity contribution in [2.75, 3.05) is 0 Å². The van der Waals surface area contributed by atoms with Crippen LogP contribution in [0.15, 0.2) is 30.3 Å². The van der Waals surface area contributed by atoms with Crippen molar-refractivity contribution >= 4 is 17.7 Å². The Kier molecular flexibility index (Phi) is 2.91. The topological polar surface area (TPSA) is 83.5 Å². The summed E-state index contributed by atoms with van der Waals surface area (Å²) in [5.41, 5.74) is 0.804. The predicted octanol–water partition coefficient (Wildman–Crippen LogP) is 0.517. The Bertz CT molecular complexity index is 451. The van der Waals surface area contributed by atoms with Crippen LogP contribution in [0.5, 0.6) is 0 Å². The average Bonchev–Trinajstić information content (AvgIpc) is 2.28. The number of Topliss-reactive ketones (excluding diaryl/α,β-unsaturated/α-hetero) is 1. The fourth-order valence-corrected chi connectivity index (χ4v) is 1.91. The highest BCUT2D eigenvalue weighted by Gasteiger charge is 2.40. The van der Waals surface area contributed by atoms with Gasteiger partial charge in [-0.2, -0.15) is 0 Å². The first-order valence-electron chi connectivity index (χ1n) is 5.20. The minimum absolute atomic E-state index is 0.0206. The molecule has 5 heteroatoms. The molecule has 1 amide bonds. The van der Waals surface area contributed by atoms with E-state index in [9.17, 15) is 14.4 Å². The molecule has 0 bridgehead atoms. The number of benzene rings is 1. The van der Waals surface area contributed by atoms with Crippen LogP contribution in [0.25, 0.3) is 0 Å². The normalized spacial score (nSPS) is 24.2. The van der Waals surface area contributed by atoms with Crippen LogP contribution in [0, 0.1) is 5.92 Å². The predicted molar refractivity (Wildman–Crippen MR) is 58.1 cm³/mol. The number of rotatable bonds is 2. The molecule has 88 valence electrons. The molecular weight excluding hydrogens is 222 g/mol. The standard InChI is InChI=1S/C12H11NO4/c14-9-6-8(7-4-2-1-3-5-7)13-11(15)10(9)12(16)17/h1-5,8,10H,6H2,(H,13,15)(H,16,17). The van der Waals surface area contributed by atoms with Crippen LogP contribution in [0.1, 0.15) is 18.0 Å². The highest BCUT2D eigenvalue weighted by atomic mass is 16.4. The average molecular weight is 233 g/mol. The van der Waals surface area contributed by atoms with Crippen LogP contribution >= 0.6 is 0 Å². The zero-order chi connectivity index (χ0) is 12.4. The van der Waals surface area contributed by atoms with Crippen LogP contribution in [-0.2, 0) is 14.4 Å². The van der Waals surface area contributed by atoms with Gasteiger partial charge in [-0.1, -0.05) is 30.3 Å². The van der Waals surface area contributed by atoms with Gasteiger partial charge in [-0.25, -0.2) is 0 Å². The Morgan fingerprint density at radius 2 is 1.88 bits per heavy atom. The number of carbonyl (C=O) groups excluding carboxylic acids is 2. The second-order valence-electron chi connectivity index (χ2n) is 3.91. The van der Waals surface area contributed by atoms with E-state index >= 15 is 0 Å². The summed E-state index contributed by atoms with van der Waals surface area (Å²) in [5.74, 6) is -4.23. The number of nitrogens with one attached hydrogen (secondary N) is 1. The van der Waals surface area contributed by atoms with Crippen molar-refractivity contribution in [2.24, 2.45) is 5.92 Å². The van der Waals surface area contributed by atoms with Gasteiger partial charge >= 0.3 is 5.97 Å². The van der Waals surface area contributed by atoms with E-state index in [1.165, 1.54) is 0 Å². The number of aliphatic carboxylic acids is 1. The Labute approximate surface area is 97.4 Å². The minimum Gasteiger partial charge on any atom is -0.480 e.